The lowest BCUT2D eigenvalue weighted by atomic mass is 10.1. The topological polar surface area (TPSA) is 15.3 Å². The van der Waals surface area contributed by atoms with Crippen molar-refractivity contribution in [2.75, 3.05) is 24.5 Å². The predicted octanol–water partition coefficient (Wildman–Crippen LogP) is 2.77. The Bertz CT molecular complexity index is 354. The van der Waals surface area contributed by atoms with Crippen molar-refractivity contribution in [2.24, 2.45) is 5.92 Å². The average Bonchev–Trinajstić information content (AvgIpc) is 2.41. The normalized spacial score (nSPS) is 26.6. The van der Waals surface area contributed by atoms with E-state index in [4.69, 9.17) is 11.6 Å². The van der Waals surface area contributed by atoms with E-state index in [2.05, 4.69) is 36.2 Å². The van der Waals surface area contributed by atoms with Gasteiger partial charge < -0.3 is 10.2 Å². The van der Waals surface area contributed by atoms with E-state index in [1.165, 1.54) is 5.69 Å². The fraction of sp³-hybridized carbons (Fsp3) is 0.538. The number of nitrogens with zero attached hydrogens (tertiary/aromatic N) is 1. The molecule has 0 bridgehead atoms. The lowest BCUT2D eigenvalue weighted by Crippen LogP contribution is -2.37. The van der Waals surface area contributed by atoms with Crippen LogP contribution in [0.15, 0.2) is 24.3 Å². The molecule has 2 atom stereocenters. The van der Waals surface area contributed by atoms with Crippen LogP contribution in [0.25, 0.3) is 0 Å². The number of benzene rings is 1. The van der Waals surface area contributed by atoms with Crippen molar-refractivity contribution in [2.45, 2.75) is 19.9 Å². The summed E-state index contributed by atoms with van der Waals surface area (Å²) in [6.45, 7) is 7.77. The van der Waals surface area contributed by atoms with Gasteiger partial charge in [-0.2, -0.15) is 0 Å². The first kappa shape index (κ1) is 11.7. The highest BCUT2D eigenvalue weighted by Gasteiger charge is 2.20. The third kappa shape index (κ3) is 2.69. The van der Waals surface area contributed by atoms with Gasteiger partial charge >= 0.3 is 0 Å². The zero-order valence-electron chi connectivity index (χ0n) is 9.91. The third-order valence-electron chi connectivity index (χ3n) is 3.11. The van der Waals surface area contributed by atoms with E-state index in [1.54, 1.807) is 0 Å². The molecule has 0 aromatic heterocycles. The van der Waals surface area contributed by atoms with Gasteiger partial charge in [-0.3, -0.25) is 0 Å². The molecule has 1 aromatic rings. The summed E-state index contributed by atoms with van der Waals surface area (Å²) in [5.41, 5.74) is 1.23. The molecule has 0 amide bonds. The summed E-state index contributed by atoms with van der Waals surface area (Å²) in [4.78, 5) is 2.44. The van der Waals surface area contributed by atoms with Crippen LogP contribution < -0.4 is 10.2 Å². The zero-order chi connectivity index (χ0) is 11.5. The summed E-state index contributed by atoms with van der Waals surface area (Å²) in [5.74, 6) is 0.670. The van der Waals surface area contributed by atoms with Crippen molar-refractivity contribution >= 4 is 17.3 Å². The Morgan fingerprint density at radius 1 is 1.31 bits per heavy atom. The fourth-order valence-electron chi connectivity index (χ4n) is 2.24. The maximum Gasteiger partial charge on any atom is 0.0426 e. The highest BCUT2D eigenvalue weighted by molar-refractivity contribution is 6.30. The molecule has 88 valence electrons. The van der Waals surface area contributed by atoms with Gasteiger partial charge in [0.1, 0.15) is 0 Å². The first-order chi connectivity index (χ1) is 7.66. The zero-order valence-corrected chi connectivity index (χ0v) is 10.7. The van der Waals surface area contributed by atoms with E-state index in [0.29, 0.717) is 12.0 Å². The summed E-state index contributed by atoms with van der Waals surface area (Å²) in [5, 5.41) is 4.30. The molecule has 1 saturated heterocycles. The van der Waals surface area contributed by atoms with Crippen LogP contribution in [-0.2, 0) is 0 Å². The Balaban J connectivity index is 2.22. The maximum atomic E-state index is 6.05. The predicted molar refractivity (Wildman–Crippen MR) is 70.3 cm³/mol. The number of hydrogen-bond donors (Lipinski definition) is 1. The summed E-state index contributed by atoms with van der Waals surface area (Å²) in [7, 11) is 0. The highest BCUT2D eigenvalue weighted by atomic mass is 35.5. The number of hydrogen-bond acceptors (Lipinski definition) is 2. The molecule has 3 heteroatoms. The van der Waals surface area contributed by atoms with Crippen LogP contribution in [0, 0.1) is 5.92 Å². The van der Waals surface area contributed by atoms with Crippen LogP contribution >= 0.6 is 11.6 Å². The molecular formula is C13H19ClN2. The largest absolute Gasteiger partial charge is 0.367 e. The van der Waals surface area contributed by atoms with Gasteiger partial charge in [-0.25, -0.2) is 0 Å². The van der Waals surface area contributed by atoms with Crippen LogP contribution in [0.2, 0.25) is 5.02 Å². The van der Waals surface area contributed by atoms with Gasteiger partial charge in [0.25, 0.3) is 0 Å². The lowest BCUT2D eigenvalue weighted by Gasteiger charge is -2.30. The second-order valence-electron chi connectivity index (χ2n) is 4.74. The minimum absolute atomic E-state index is 0.517. The first-order valence-electron chi connectivity index (χ1n) is 5.89. The molecule has 1 aliphatic rings. The molecule has 0 saturated carbocycles. The van der Waals surface area contributed by atoms with Crippen molar-refractivity contribution in [1.29, 1.82) is 0 Å². The minimum atomic E-state index is 0.517. The van der Waals surface area contributed by atoms with Crippen LogP contribution in [0.1, 0.15) is 13.8 Å². The van der Waals surface area contributed by atoms with E-state index < -0.39 is 0 Å². The summed E-state index contributed by atoms with van der Waals surface area (Å²) in [6.07, 6.45) is 0. The molecular weight excluding hydrogens is 220 g/mol. The Kier molecular flexibility index (Phi) is 3.72. The average molecular weight is 239 g/mol. The van der Waals surface area contributed by atoms with Crippen LogP contribution in [-0.4, -0.2) is 25.7 Å². The van der Waals surface area contributed by atoms with Gasteiger partial charge in [0.15, 0.2) is 0 Å². The number of rotatable bonds is 1. The van der Waals surface area contributed by atoms with Crippen molar-refractivity contribution in [3.05, 3.63) is 29.3 Å². The second-order valence-corrected chi connectivity index (χ2v) is 5.18. The Morgan fingerprint density at radius 2 is 2.12 bits per heavy atom. The molecule has 1 fully saturated rings. The van der Waals surface area contributed by atoms with Gasteiger partial charge in [-0.15, -0.1) is 0 Å². The molecule has 2 rings (SSSR count). The van der Waals surface area contributed by atoms with E-state index >= 15 is 0 Å². The van der Waals surface area contributed by atoms with Gasteiger partial charge in [0.05, 0.1) is 0 Å². The maximum absolute atomic E-state index is 6.05. The van der Waals surface area contributed by atoms with Gasteiger partial charge in [-0.1, -0.05) is 24.6 Å². The quantitative estimate of drug-likeness (QED) is 0.810. The smallest absolute Gasteiger partial charge is 0.0426 e. The monoisotopic (exact) mass is 238 g/mol. The molecule has 0 radical (unpaired) electrons. The van der Waals surface area contributed by atoms with E-state index in [9.17, 15) is 0 Å². The number of nitrogens with one attached hydrogen (secondary N) is 1. The SMILES string of the molecule is CC1CNCC(C)N(c2cccc(Cl)c2)C1. The standard InChI is InChI=1S/C13H19ClN2/c1-10-7-15-8-11(2)16(9-10)13-5-3-4-12(14)6-13/h3-6,10-11,15H,7-9H2,1-2H3. The van der Waals surface area contributed by atoms with Crippen LogP contribution in [0.5, 0.6) is 0 Å². The van der Waals surface area contributed by atoms with Gasteiger partial charge in [0.2, 0.25) is 0 Å². The van der Waals surface area contributed by atoms with Gasteiger partial charge in [-0.05, 0) is 37.6 Å². The molecule has 16 heavy (non-hydrogen) atoms. The van der Waals surface area contributed by atoms with Crippen molar-refractivity contribution in [3.63, 3.8) is 0 Å². The number of halogens is 1. The molecule has 2 unspecified atom stereocenters. The Morgan fingerprint density at radius 3 is 2.88 bits per heavy atom. The number of anilines is 1. The van der Waals surface area contributed by atoms with Gasteiger partial charge in [0, 0.05) is 29.8 Å². The van der Waals surface area contributed by atoms with E-state index in [0.717, 1.165) is 24.7 Å². The molecule has 1 aromatic carbocycles. The van der Waals surface area contributed by atoms with Crippen molar-refractivity contribution in [3.8, 4) is 0 Å². The third-order valence-corrected chi connectivity index (χ3v) is 3.35. The molecule has 1 N–H and O–H groups in total. The first-order valence-corrected chi connectivity index (χ1v) is 6.27. The molecule has 1 heterocycles. The molecule has 2 nitrogen and oxygen atoms in total. The second kappa shape index (κ2) is 5.07. The van der Waals surface area contributed by atoms with Crippen molar-refractivity contribution < 1.29 is 0 Å². The molecule has 0 spiro atoms. The van der Waals surface area contributed by atoms with E-state index in [-0.39, 0.29) is 0 Å². The summed E-state index contributed by atoms with van der Waals surface area (Å²) < 4.78 is 0. The lowest BCUT2D eigenvalue weighted by molar-refractivity contribution is 0.564. The fourth-order valence-corrected chi connectivity index (χ4v) is 2.43. The highest BCUT2D eigenvalue weighted by Crippen LogP contribution is 2.23. The summed E-state index contributed by atoms with van der Waals surface area (Å²) in [6, 6.07) is 8.66. The molecule has 1 aliphatic heterocycles. The van der Waals surface area contributed by atoms with E-state index in [1.807, 2.05) is 12.1 Å². The van der Waals surface area contributed by atoms with Crippen LogP contribution in [0.4, 0.5) is 5.69 Å². The van der Waals surface area contributed by atoms with Crippen LogP contribution in [0.3, 0.4) is 0 Å². The Labute approximate surface area is 103 Å². The summed E-state index contributed by atoms with van der Waals surface area (Å²) >= 11 is 6.05. The Hall–Kier alpha value is -0.730. The van der Waals surface area contributed by atoms with Crippen molar-refractivity contribution in [1.82, 2.24) is 5.32 Å². The minimum Gasteiger partial charge on any atom is -0.367 e. The molecule has 0 aliphatic carbocycles.